The molecule has 0 fully saturated rings. The van der Waals surface area contributed by atoms with Crippen LogP contribution in [-0.2, 0) is 11.3 Å². The molecule has 0 bridgehead atoms. The van der Waals surface area contributed by atoms with Gasteiger partial charge in [-0.2, -0.15) is 0 Å². The fourth-order valence-electron chi connectivity index (χ4n) is 1.63. The topological polar surface area (TPSA) is 39.1 Å². The standard InChI is InChI=1S/C12H23N3O/c1-11(2)12(9-16-3)14-5-4-7-15-8-6-13-10-15/h6,8,10-12,14H,4-5,7,9H2,1-3H3. The Kier molecular flexibility index (Phi) is 6.11. The van der Waals surface area contributed by atoms with Crippen LogP contribution in [0.5, 0.6) is 0 Å². The minimum Gasteiger partial charge on any atom is -0.383 e. The second kappa shape index (κ2) is 7.41. The molecule has 0 saturated carbocycles. The molecule has 1 N–H and O–H groups in total. The maximum atomic E-state index is 5.19. The lowest BCUT2D eigenvalue weighted by molar-refractivity contribution is 0.147. The zero-order valence-electron chi connectivity index (χ0n) is 10.5. The summed E-state index contributed by atoms with van der Waals surface area (Å²) < 4.78 is 7.29. The van der Waals surface area contributed by atoms with Gasteiger partial charge in [0, 0.05) is 32.1 Å². The molecule has 1 atom stereocenters. The number of aryl methyl sites for hydroxylation is 1. The lowest BCUT2D eigenvalue weighted by Gasteiger charge is -2.21. The summed E-state index contributed by atoms with van der Waals surface area (Å²) in [6, 6.07) is 0.452. The number of aromatic nitrogens is 2. The number of hydrogen-bond acceptors (Lipinski definition) is 3. The molecule has 1 heterocycles. The molecule has 4 heteroatoms. The summed E-state index contributed by atoms with van der Waals surface area (Å²) in [5.74, 6) is 0.605. The van der Waals surface area contributed by atoms with Crippen LogP contribution in [0.3, 0.4) is 0 Å². The molecular formula is C12H23N3O. The molecule has 1 aromatic rings. The highest BCUT2D eigenvalue weighted by Gasteiger charge is 2.11. The second-order valence-corrected chi connectivity index (χ2v) is 4.41. The summed E-state index contributed by atoms with van der Waals surface area (Å²) in [6.07, 6.45) is 6.78. The van der Waals surface area contributed by atoms with Gasteiger partial charge in [-0.15, -0.1) is 0 Å². The fourth-order valence-corrected chi connectivity index (χ4v) is 1.63. The molecule has 0 aliphatic carbocycles. The summed E-state index contributed by atoms with van der Waals surface area (Å²) in [5, 5.41) is 3.52. The van der Waals surface area contributed by atoms with Gasteiger partial charge in [0.05, 0.1) is 12.9 Å². The van der Waals surface area contributed by atoms with Gasteiger partial charge in [-0.1, -0.05) is 13.8 Å². The Morgan fingerprint density at radius 3 is 2.81 bits per heavy atom. The predicted molar refractivity (Wildman–Crippen MR) is 65.3 cm³/mol. The third-order valence-corrected chi connectivity index (χ3v) is 2.71. The largest absolute Gasteiger partial charge is 0.383 e. The van der Waals surface area contributed by atoms with Crippen LogP contribution in [0, 0.1) is 5.92 Å². The number of rotatable bonds is 8. The summed E-state index contributed by atoms with van der Waals surface area (Å²) in [6.45, 7) is 7.25. The Balaban J connectivity index is 2.13. The van der Waals surface area contributed by atoms with Gasteiger partial charge in [-0.05, 0) is 18.9 Å². The molecule has 0 aromatic carbocycles. The van der Waals surface area contributed by atoms with Crippen LogP contribution in [0.15, 0.2) is 18.7 Å². The van der Waals surface area contributed by atoms with Gasteiger partial charge in [0.2, 0.25) is 0 Å². The predicted octanol–water partition coefficient (Wildman–Crippen LogP) is 1.53. The average Bonchev–Trinajstić information content (AvgIpc) is 2.75. The number of hydrogen-bond donors (Lipinski definition) is 1. The van der Waals surface area contributed by atoms with Crippen molar-refractivity contribution in [1.82, 2.24) is 14.9 Å². The van der Waals surface area contributed by atoms with Gasteiger partial charge in [0.25, 0.3) is 0 Å². The van der Waals surface area contributed by atoms with E-state index in [0.717, 1.165) is 26.1 Å². The summed E-state index contributed by atoms with van der Waals surface area (Å²) >= 11 is 0. The summed E-state index contributed by atoms with van der Waals surface area (Å²) in [7, 11) is 1.75. The number of methoxy groups -OCH3 is 1. The van der Waals surface area contributed by atoms with Crippen molar-refractivity contribution in [2.75, 3.05) is 20.3 Å². The van der Waals surface area contributed by atoms with Gasteiger partial charge in [0.1, 0.15) is 0 Å². The molecule has 0 aliphatic rings. The minimum absolute atomic E-state index is 0.452. The monoisotopic (exact) mass is 225 g/mol. The molecule has 0 aliphatic heterocycles. The number of nitrogens with one attached hydrogen (secondary N) is 1. The molecule has 0 amide bonds. The van der Waals surface area contributed by atoms with E-state index in [2.05, 4.69) is 28.7 Å². The molecule has 1 unspecified atom stereocenters. The molecule has 92 valence electrons. The maximum absolute atomic E-state index is 5.19. The van der Waals surface area contributed by atoms with Gasteiger partial charge >= 0.3 is 0 Å². The van der Waals surface area contributed by atoms with Crippen LogP contribution in [0.2, 0.25) is 0 Å². The van der Waals surface area contributed by atoms with E-state index >= 15 is 0 Å². The van der Waals surface area contributed by atoms with Crippen molar-refractivity contribution in [3.63, 3.8) is 0 Å². The molecule has 0 saturated heterocycles. The second-order valence-electron chi connectivity index (χ2n) is 4.41. The average molecular weight is 225 g/mol. The van der Waals surface area contributed by atoms with E-state index in [4.69, 9.17) is 4.74 Å². The van der Waals surface area contributed by atoms with Crippen molar-refractivity contribution in [3.05, 3.63) is 18.7 Å². The highest BCUT2D eigenvalue weighted by Crippen LogP contribution is 2.01. The van der Waals surface area contributed by atoms with Gasteiger partial charge < -0.3 is 14.6 Å². The quantitative estimate of drug-likeness (QED) is 0.682. The first-order chi connectivity index (χ1) is 7.74. The molecule has 16 heavy (non-hydrogen) atoms. The first-order valence-electron chi connectivity index (χ1n) is 5.92. The third-order valence-electron chi connectivity index (χ3n) is 2.71. The Hall–Kier alpha value is -0.870. The molecule has 1 aromatic heterocycles. The van der Waals surface area contributed by atoms with Crippen molar-refractivity contribution in [1.29, 1.82) is 0 Å². The lowest BCUT2D eigenvalue weighted by atomic mass is 10.1. The first kappa shape index (κ1) is 13.2. The van der Waals surface area contributed by atoms with Crippen molar-refractivity contribution in [2.24, 2.45) is 5.92 Å². The Bertz CT molecular complexity index is 259. The van der Waals surface area contributed by atoms with E-state index in [1.165, 1.54) is 0 Å². The van der Waals surface area contributed by atoms with E-state index in [0.29, 0.717) is 12.0 Å². The molecule has 0 spiro atoms. The van der Waals surface area contributed by atoms with E-state index in [-0.39, 0.29) is 0 Å². The normalized spacial score (nSPS) is 13.2. The van der Waals surface area contributed by atoms with Gasteiger partial charge in [0.15, 0.2) is 0 Å². The number of nitrogens with zero attached hydrogens (tertiary/aromatic N) is 2. The van der Waals surface area contributed by atoms with Crippen LogP contribution in [0.1, 0.15) is 20.3 Å². The number of imidazole rings is 1. The van der Waals surface area contributed by atoms with Crippen LogP contribution in [0.25, 0.3) is 0 Å². The van der Waals surface area contributed by atoms with Gasteiger partial charge in [-0.3, -0.25) is 0 Å². The fraction of sp³-hybridized carbons (Fsp3) is 0.750. The smallest absolute Gasteiger partial charge is 0.0945 e. The van der Waals surface area contributed by atoms with Crippen molar-refractivity contribution >= 4 is 0 Å². The first-order valence-corrected chi connectivity index (χ1v) is 5.92. The zero-order valence-corrected chi connectivity index (χ0v) is 10.5. The maximum Gasteiger partial charge on any atom is 0.0945 e. The van der Waals surface area contributed by atoms with Crippen molar-refractivity contribution in [2.45, 2.75) is 32.9 Å². The van der Waals surface area contributed by atoms with E-state index in [9.17, 15) is 0 Å². The van der Waals surface area contributed by atoms with E-state index < -0.39 is 0 Å². The Labute approximate surface area is 98.0 Å². The molecule has 1 rings (SSSR count). The van der Waals surface area contributed by atoms with E-state index in [1.807, 2.05) is 18.7 Å². The van der Waals surface area contributed by atoms with Crippen LogP contribution < -0.4 is 5.32 Å². The Morgan fingerprint density at radius 1 is 1.44 bits per heavy atom. The Morgan fingerprint density at radius 2 is 2.25 bits per heavy atom. The molecule has 4 nitrogen and oxygen atoms in total. The summed E-state index contributed by atoms with van der Waals surface area (Å²) in [4.78, 5) is 4.02. The lowest BCUT2D eigenvalue weighted by Crippen LogP contribution is -2.38. The van der Waals surface area contributed by atoms with Gasteiger partial charge in [-0.25, -0.2) is 4.98 Å². The summed E-state index contributed by atoms with van der Waals surface area (Å²) in [5.41, 5.74) is 0. The minimum atomic E-state index is 0.452. The molecule has 0 radical (unpaired) electrons. The van der Waals surface area contributed by atoms with E-state index in [1.54, 1.807) is 7.11 Å². The zero-order chi connectivity index (χ0) is 11.8. The van der Waals surface area contributed by atoms with Crippen LogP contribution in [0.4, 0.5) is 0 Å². The van der Waals surface area contributed by atoms with Crippen LogP contribution in [-0.4, -0.2) is 35.9 Å². The third kappa shape index (κ3) is 4.77. The highest BCUT2D eigenvalue weighted by atomic mass is 16.5. The van der Waals surface area contributed by atoms with Crippen molar-refractivity contribution in [3.8, 4) is 0 Å². The van der Waals surface area contributed by atoms with Crippen molar-refractivity contribution < 1.29 is 4.74 Å². The highest BCUT2D eigenvalue weighted by molar-refractivity contribution is 4.74. The molecular weight excluding hydrogens is 202 g/mol. The SMILES string of the molecule is COCC(NCCCn1ccnc1)C(C)C. The van der Waals surface area contributed by atoms with Crippen LogP contribution >= 0.6 is 0 Å². The number of ether oxygens (including phenoxy) is 1.